The minimum atomic E-state index is -2.64. The largest absolute Gasteiger partial charge is 0.496 e. The van der Waals surface area contributed by atoms with Crippen LogP contribution in [0.5, 0.6) is 5.75 Å². The summed E-state index contributed by atoms with van der Waals surface area (Å²) in [6, 6.07) is 6.59. The number of benzene rings is 2. The number of H-pyrrole nitrogens is 1. The molecule has 0 aliphatic heterocycles. The predicted octanol–water partition coefficient (Wildman–Crippen LogP) is 3.63. The predicted molar refractivity (Wildman–Crippen MR) is 115 cm³/mol. The van der Waals surface area contributed by atoms with Gasteiger partial charge in [0.15, 0.2) is 5.65 Å². The summed E-state index contributed by atoms with van der Waals surface area (Å²) in [5.74, 6) is -0.00122. The van der Waals surface area contributed by atoms with Crippen LogP contribution in [0.4, 0.5) is 4.39 Å². The Morgan fingerprint density at radius 1 is 1.23 bits per heavy atom. The maximum Gasteiger partial charge on any atom is 0.201 e. The number of nitrogens with zero attached hydrogens (tertiary/aromatic N) is 2. The third-order valence-electron chi connectivity index (χ3n) is 4.92. The monoisotopic (exact) mass is 448 g/mol. The van der Waals surface area contributed by atoms with Gasteiger partial charge in [0.25, 0.3) is 0 Å². The summed E-state index contributed by atoms with van der Waals surface area (Å²) in [6.07, 6.45) is 4.40. The summed E-state index contributed by atoms with van der Waals surface area (Å²) in [6.45, 7) is 0.285. The summed E-state index contributed by atoms with van der Waals surface area (Å²) < 4.78 is 44.0. The van der Waals surface area contributed by atoms with E-state index in [0.717, 1.165) is 21.7 Å². The lowest BCUT2D eigenvalue weighted by Crippen LogP contribution is -2.13. The van der Waals surface area contributed by atoms with E-state index in [9.17, 15) is 12.8 Å². The van der Waals surface area contributed by atoms with Gasteiger partial charge < -0.3 is 4.74 Å². The Balaban J connectivity index is 1.80. The van der Waals surface area contributed by atoms with Crippen molar-refractivity contribution in [1.82, 2.24) is 19.9 Å². The molecule has 2 aromatic heterocycles. The van der Waals surface area contributed by atoms with E-state index in [2.05, 4.69) is 19.9 Å². The number of hydrogen-bond donors (Lipinski definition) is 3. The van der Waals surface area contributed by atoms with E-state index in [1.807, 2.05) is 6.07 Å². The lowest BCUT2D eigenvalue weighted by molar-refractivity contribution is 0.417. The summed E-state index contributed by atoms with van der Waals surface area (Å²) in [4.78, 5) is 4.34. The second-order valence-corrected chi connectivity index (χ2v) is 7.90. The second-order valence-electron chi connectivity index (χ2n) is 6.69. The molecule has 10 heteroatoms. The zero-order valence-electron chi connectivity index (χ0n) is 15.9. The van der Waals surface area contributed by atoms with E-state index in [1.165, 1.54) is 13.2 Å². The average molecular weight is 449 g/mol. The Bertz CT molecular complexity index is 1310. The van der Waals surface area contributed by atoms with Crippen molar-refractivity contribution in [2.45, 2.75) is 12.8 Å². The van der Waals surface area contributed by atoms with Gasteiger partial charge in [-0.3, -0.25) is 5.10 Å². The molecule has 0 unspecified atom stereocenters. The number of thiol groups is 1. The van der Waals surface area contributed by atoms with Crippen LogP contribution in [0.1, 0.15) is 12.0 Å². The third-order valence-corrected chi connectivity index (χ3v) is 5.83. The molecule has 0 fully saturated rings. The number of aromatic amines is 1. The minimum absolute atomic E-state index is 0.239. The van der Waals surface area contributed by atoms with Gasteiger partial charge in [-0.05, 0) is 42.0 Å². The van der Waals surface area contributed by atoms with Crippen LogP contribution in [0, 0.1) is 5.82 Å². The number of aromatic nitrogens is 3. The van der Waals surface area contributed by atoms with Crippen LogP contribution in [-0.4, -0.2) is 37.3 Å². The van der Waals surface area contributed by atoms with Gasteiger partial charge in [-0.15, -0.1) is 0 Å². The lowest BCUT2D eigenvalue weighted by Gasteiger charge is -2.15. The highest BCUT2D eigenvalue weighted by molar-refractivity contribution is 7.70. The molecule has 2 aromatic carbocycles. The summed E-state index contributed by atoms with van der Waals surface area (Å²) in [5, 5.41) is 9.63. The molecule has 0 amide bonds. The Labute approximate surface area is 178 Å². The van der Waals surface area contributed by atoms with Crippen molar-refractivity contribution in [3.05, 3.63) is 53.1 Å². The van der Waals surface area contributed by atoms with E-state index in [-0.39, 0.29) is 17.1 Å². The minimum Gasteiger partial charge on any atom is -0.496 e. The van der Waals surface area contributed by atoms with Crippen LogP contribution in [-0.2, 0) is 17.3 Å². The number of halogens is 2. The van der Waals surface area contributed by atoms with Crippen molar-refractivity contribution in [2.24, 2.45) is 0 Å². The van der Waals surface area contributed by atoms with Gasteiger partial charge in [0.05, 0.1) is 18.3 Å². The van der Waals surface area contributed by atoms with Crippen LogP contribution in [0.3, 0.4) is 0 Å². The fraction of sp³-hybridized carbons (Fsp3) is 0.200. The second kappa shape index (κ2) is 8.55. The highest BCUT2D eigenvalue weighted by atomic mass is 35.5. The molecule has 0 aliphatic carbocycles. The van der Waals surface area contributed by atoms with E-state index >= 15 is 0 Å². The van der Waals surface area contributed by atoms with Gasteiger partial charge in [-0.2, -0.15) is 5.10 Å². The molecular weight excluding hydrogens is 431 g/mol. The van der Waals surface area contributed by atoms with Gasteiger partial charge in [0, 0.05) is 34.6 Å². The molecule has 0 spiro atoms. The van der Waals surface area contributed by atoms with Crippen molar-refractivity contribution >= 4 is 44.3 Å². The number of aryl methyl sites for hydroxylation is 1. The molecule has 156 valence electrons. The van der Waals surface area contributed by atoms with Gasteiger partial charge in [-0.25, -0.2) is 22.5 Å². The molecule has 0 atom stereocenters. The molecule has 0 saturated carbocycles. The molecule has 4 aromatic rings. The third kappa shape index (κ3) is 3.83. The molecule has 0 bridgehead atoms. The molecular formula is C20H18ClFN4O3S. The Kier molecular flexibility index (Phi) is 5.85. The first kappa shape index (κ1) is 20.5. The summed E-state index contributed by atoms with van der Waals surface area (Å²) >= 11 is 6.58. The van der Waals surface area contributed by atoms with Gasteiger partial charge in [0.2, 0.25) is 10.9 Å². The summed E-state index contributed by atoms with van der Waals surface area (Å²) in [7, 11) is -1.12. The molecule has 0 radical (unpaired) electrons. The first-order chi connectivity index (χ1) is 14.5. The zero-order valence-corrected chi connectivity index (χ0v) is 17.6. The number of hydrogen-bond acceptors (Lipinski definition) is 5. The van der Waals surface area contributed by atoms with Gasteiger partial charge >= 0.3 is 0 Å². The van der Waals surface area contributed by atoms with Crippen molar-refractivity contribution < 1.29 is 17.5 Å². The van der Waals surface area contributed by atoms with E-state index in [0.29, 0.717) is 29.8 Å². The van der Waals surface area contributed by atoms with Crippen molar-refractivity contribution in [1.29, 1.82) is 0 Å². The van der Waals surface area contributed by atoms with E-state index in [4.69, 9.17) is 16.3 Å². The molecule has 0 aliphatic rings. The zero-order chi connectivity index (χ0) is 21.3. The van der Waals surface area contributed by atoms with Crippen LogP contribution in [0.15, 0.2) is 36.7 Å². The number of pyridine rings is 1. The normalized spacial score (nSPS) is 11.6. The smallest absolute Gasteiger partial charge is 0.201 e. The highest BCUT2D eigenvalue weighted by Crippen LogP contribution is 2.41. The summed E-state index contributed by atoms with van der Waals surface area (Å²) in [5.41, 5.74) is 2.13. The highest BCUT2D eigenvalue weighted by Gasteiger charge is 2.19. The molecule has 30 heavy (non-hydrogen) atoms. The average Bonchev–Trinajstić information content (AvgIpc) is 3.21. The van der Waals surface area contributed by atoms with Crippen LogP contribution < -0.4 is 9.46 Å². The number of ether oxygens (including phenoxy) is 1. The fourth-order valence-electron chi connectivity index (χ4n) is 3.49. The lowest BCUT2D eigenvalue weighted by atomic mass is 9.96. The number of methoxy groups -OCH3 is 1. The van der Waals surface area contributed by atoms with E-state index < -0.39 is 16.7 Å². The maximum atomic E-state index is 14.9. The van der Waals surface area contributed by atoms with E-state index in [1.54, 1.807) is 24.5 Å². The quantitative estimate of drug-likeness (QED) is 0.296. The number of rotatable bonds is 7. The standard InChI is InChI=1S/C20H18ClFN4O3S/c1-29-17-8-13-12(9-23-20-15(13)10-24-26-20)7-14(17)18-16(22)5-4-11(19(18)21)3-2-6-25-30(27)28/h4-5,7-10,30H,2-3,6H2,1H3,(H,23,24,26)(H,25,27,28). The van der Waals surface area contributed by atoms with Crippen molar-refractivity contribution in [3.63, 3.8) is 0 Å². The first-order valence-electron chi connectivity index (χ1n) is 9.14. The maximum absolute atomic E-state index is 14.9. The molecule has 2 heterocycles. The first-order valence-corrected chi connectivity index (χ1v) is 10.7. The topological polar surface area (TPSA) is 97.0 Å². The molecule has 4 rings (SSSR count). The fourth-order valence-corrected chi connectivity index (χ4v) is 4.18. The van der Waals surface area contributed by atoms with Crippen molar-refractivity contribution in [2.75, 3.05) is 13.7 Å². The van der Waals surface area contributed by atoms with Crippen molar-refractivity contribution in [3.8, 4) is 16.9 Å². The Morgan fingerprint density at radius 2 is 2.07 bits per heavy atom. The SMILES string of the molecule is COc1cc2c(cnc3[nH]ncc32)cc1-c1c(F)ccc(CCCN[SH](=O)=O)c1Cl. The van der Waals surface area contributed by atoms with Gasteiger partial charge in [0.1, 0.15) is 11.6 Å². The molecule has 7 nitrogen and oxygen atoms in total. The Hall–Kier alpha value is -2.75. The number of fused-ring (bicyclic) bond motifs is 3. The van der Waals surface area contributed by atoms with Gasteiger partial charge in [-0.1, -0.05) is 17.7 Å². The van der Waals surface area contributed by atoms with Crippen LogP contribution in [0.2, 0.25) is 5.02 Å². The number of nitrogens with one attached hydrogen (secondary N) is 2. The van der Waals surface area contributed by atoms with Crippen LogP contribution in [0.25, 0.3) is 32.9 Å². The molecule has 0 saturated heterocycles. The van der Waals surface area contributed by atoms with Crippen LogP contribution >= 0.6 is 11.6 Å². The Morgan fingerprint density at radius 3 is 2.83 bits per heavy atom. The molecule has 2 N–H and O–H groups in total.